The summed E-state index contributed by atoms with van der Waals surface area (Å²) in [5.74, 6) is 0.791. The van der Waals surface area contributed by atoms with E-state index in [9.17, 15) is 0 Å². The first-order valence-corrected chi connectivity index (χ1v) is 9.90. The number of halogens is 1. The summed E-state index contributed by atoms with van der Waals surface area (Å²) in [5, 5.41) is 2.47. The third-order valence-corrected chi connectivity index (χ3v) is 5.51. The van der Waals surface area contributed by atoms with Crippen molar-refractivity contribution in [1.82, 2.24) is 9.97 Å². The van der Waals surface area contributed by atoms with Crippen LogP contribution in [0.5, 0.6) is 0 Å². The molecule has 0 spiro atoms. The Labute approximate surface area is 166 Å². The molecule has 1 aliphatic carbocycles. The van der Waals surface area contributed by atoms with Gasteiger partial charge in [0.2, 0.25) is 0 Å². The van der Waals surface area contributed by atoms with Gasteiger partial charge >= 0.3 is 0 Å². The molecule has 5 rings (SSSR count). The average Bonchev–Trinajstić information content (AvgIpc) is 2.73. The molecule has 130 valence electrons. The molecule has 1 aliphatic rings. The van der Waals surface area contributed by atoms with E-state index in [2.05, 4.69) is 82.7 Å². The van der Waals surface area contributed by atoms with Crippen molar-refractivity contribution >= 4 is 32.8 Å². The number of rotatable bonds is 2. The van der Waals surface area contributed by atoms with Crippen LogP contribution in [0.2, 0.25) is 0 Å². The van der Waals surface area contributed by atoms with Crippen molar-refractivity contribution in [2.24, 2.45) is 0 Å². The SMILES string of the molecule is Brc1ccc(-c2nc3c(c(-c4ccc5ccccc5c4)n2)C=CCC3)cc1. The van der Waals surface area contributed by atoms with Gasteiger partial charge < -0.3 is 0 Å². The Morgan fingerprint density at radius 2 is 1.56 bits per heavy atom. The van der Waals surface area contributed by atoms with Crippen molar-refractivity contribution in [2.45, 2.75) is 12.8 Å². The predicted octanol–water partition coefficient (Wildman–Crippen LogP) is 6.69. The first-order chi connectivity index (χ1) is 13.3. The van der Waals surface area contributed by atoms with Crippen molar-refractivity contribution in [1.29, 1.82) is 0 Å². The van der Waals surface area contributed by atoms with Crippen LogP contribution in [0.1, 0.15) is 17.7 Å². The number of nitrogens with zero attached hydrogens (tertiary/aromatic N) is 2. The van der Waals surface area contributed by atoms with Gasteiger partial charge in [-0.3, -0.25) is 0 Å². The number of fused-ring (bicyclic) bond motifs is 2. The molecule has 3 heteroatoms. The van der Waals surface area contributed by atoms with Gasteiger partial charge in [-0.2, -0.15) is 0 Å². The van der Waals surface area contributed by atoms with Crippen molar-refractivity contribution in [2.75, 3.05) is 0 Å². The Hall–Kier alpha value is -2.78. The maximum absolute atomic E-state index is 4.99. The lowest BCUT2D eigenvalue weighted by Gasteiger charge is -2.16. The lowest BCUT2D eigenvalue weighted by atomic mass is 9.96. The van der Waals surface area contributed by atoms with Crippen LogP contribution in [-0.4, -0.2) is 9.97 Å². The molecule has 3 aromatic carbocycles. The highest BCUT2D eigenvalue weighted by molar-refractivity contribution is 9.10. The van der Waals surface area contributed by atoms with Crippen LogP contribution < -0.4 is 0 Å². The predicted molar refractivity (Wildman–Crippen MR) is 115 cm³/mol. The second-order valence-electron chi connectivity index (χ2n) is 6.77. The molecule has 1 heterocycles. The van der Waals surface area contributed by atoms with Crippen LogP contribution in [-0.2, 0) is 6.42 Å². The molecular formula is C24H17BrN2. The zero-order valence-corrected chi connectivity index (χ0v) is 16.3. The fourth-order valence-corrected chi connectivity index (χ4v) is 3.85. The maximum atomic E-state index is 4.99. The van der Waals surface area contributed by atoms with Crippen LogP contribution in [0.4, 0.5) is 0 Å². The largest absolute Gasteiger partial charge is 0.232 e. The fourth-order valence-electron chi connectivity index (χ4n) is 3.59. The van der Waals surface area contributed by atoms with E-state index in [1.54, 1.807) is 0 Å². The minimum absolute atomic E-state index is 0.791. The highest BCUT2D eigenvalue weighted by atomic mass is 79.9. The van der Waals surface area contributed by atoms with E-state index in [0.717, 1.165) is 51.2 Å². The van der Waals surface area contributed by atoms with Gasteiger partial charge in [0.25, 0.3) is 0 Å². The van der Waals surface area contributed by atoms with E-state index < -0.39 is 0 Å². The molecular weight excluding hydrogens is 396 g/mol. The van der Waals surface area contributed by atoms with Crippen molar-refractivity contribution in [3.8, 4) is 22.6 Å². The Morgan fingerprint density at radius 1 is 0.778 bits per heavy atom. The van der Waals surface area contributed by atoms with Crippen LogP contribution in [0.25, 0.3) is 39.5 Å². The highest BCUT2D eigenvalue weighted by Crippen LogP contribution is 2.32. The van der Waals surface area contributed by atoms with Gasteiger partial charge in [0, 0.05) is 21.2 Å². The Kier molecular flexibility index (Phi) is 4.10. The molecule has 27 heavy (non-hydrogen) atoms. The van der Waals surface area contributed by atoms with Gasteiger partial charge in [0.1, 0.15) is 0 Å². The van der Waals surface area contributed by atoms with Gasteiger partial charge in [-0.15, -0.1) is 0 Å². The molecule has 0 fully saturated rings. The van der Waals surface area contributed by atoms with Crippen molar-refractivity contribution < 1.29 is 0 Å². The van der Waals surface area contributed by atoms with Gasteiger partial charge in [-0.05, 0) is 41.8 Å². The number of benzene rings is 3. The Bertz CT molecular complexity index is 1180. The second-order valence-corrected chi connectivity index (χ2v) is 7.68. The molecule has 4 aromatic rings. The zero-order chi connectivity index (χ0) is 18.2. The van der Waals surface area contributed by atoms with Crippen molar-refractivity contribution in [3.05, 3.63) is 88.5 Å². The molecule has 0 amide bonds. The average molecular weight is 413 g/mol. The van der Waals surface area contributed by atoms with E-state index in [-0.39, 0.29) is 0 Å². The normalized spacial score (nSPS) is 12.9. The minimum atomic E-state index is 0.791. The van der Waals surface area contributed by atoms with E-state index in [1.165, 1.54) is 10.8 Å². The molecule has 0 radical (unpaired) electrons. The third-order valence-electron chi connectivity index (χ3n) is 4.98. The molecule has 0 aliphatic heterocycles. The topological polar surface area (TPSA) is 25.8 Å². The third kappa shape index (κ3) is 3.08. The van der Waals surface area contributed by atoms with E-state index >= 15 is 0 Å². The summed E-state index contributed by atoms with van der Waals surface area (Å²) >= 11 is 3.50. The summed E-state index contributed by atoms with van der Waals surface area (Å²) in [6, 6.07) is 23.2. The first kappa shape index (κ1) is 16.4. The summed E-state index contributed by atoms with van der Waals surface area (Å²) in [5.41, 5.74) is 5.47. The molecule has 0 atom stereocenters. The minimum Gasteiger partial charge on any atom is -0.232 e. The van der Waals surface area contributed by atoms with Gasteiger partial charge in [0.05, 0.1) is 11.4 Å². The van der Waals surface area contributed by atoms with Gasteiger partial charge in [0.15, 0.2) is 5.82 Å². The fraction of sp³-hybridized carbons (Fsp3) is 0.0833. The van der Waals surface area contributed by atoms with E-state index in [0.29, 0.717) is 0 Å². The van der Waals surface area contributed by atoms with Crippen LogP contribution in [0.3, 0.4) is 0 Å². The molecule has 2 nitrogen and oxygen atoms in total. The van der Waals surface area contributed by atoms with E-state index in [1.807, 2.05) is 12.1 Å². The molecule has 0 N–H and O–H groups in total. The van der Waals surface area contributed by atoms with Crippen LogP contribution in [0.15, 0.2) is 77.3 Å². The number of aryl methyl sites for hydroxylation is 1. The Morgan fingerprint density at radius 3 is 2.41 bits per heavy atom. The number of hydrogen-bond acceptors (Lipinski definition) is 2. The summed E-state index contributed by atoms with van der Waals surface area (Å²) in [4.78, 5) is 9.87. The van der Waals surface area contributed by atoms with Gasteiger partial charge in [-0.25, -0.2) is 9.97 Å². The standard InChI is InChI=1S/C24H17BrN2/c25-20-13-11-17(12-14-20)24-26-22-8-4-3-7-21(22)23(27-24)19-10-9-16-5-1-2-6-18(16)15-19/h1-3,5-7,9-15H,4,8H2. The van der Waals surface area contributed by atoms with E-state index in [4.69, 9.17) is 9.97 Å². The summed E-state index contributed by atoms with van der Waals surface area (Å²) < 4.78 is 1.06. The summed E-state index contributed by atoms with van der Waals surface area (Å²) in [6.07, 6.45) is 6.38. The molecule has 0 saturated carbocycles. The smallest absolute Gasteiger partial charge is 0.160 e. The quantitative estimate of drug-likeness (QED) is 0.366. The number of allylic oxidation sites excluding steroid dienone is 1. The van der Waals surface area contributed by atoms with Crippen molar-refractivity contribution in [3.63, 3.8) is 0 Å². The van der Waals surface area contributed by atoms with Crippen LogP contribution >= 0.6 is 15.9 Å². The molecule has 1 aromatic heterocycles. The lowest BCUT2D eigenvalue weighted by molar-refractivity contribution is 0.915. The lowest BCUT2D eigenvalue weighted by Crippen LogP contribution is -2.05. The molecule has 0 unspecified atom stereocenters. The summed E-state index contributed by atoms with van der Waals surface area (Å²) in [6.45, 7) is 0. The number of aromatic nitrogens is 2. The van der Waals surface area contributed by atoms with Gasteiger partial charge in [-0.1, -0.05) is 76.6 Å². The molecule has 0 saturated heterocycles. The number of hydrogen-bond donors (Lipinski definition) is 0. The first-order valence-electron chi connectivity index (χ1n) is 9.10. The molecule has 0 bridgehead atoms. The zero-order valence-electron chi connectivity index (χ0n) is 14.7. The van der Waals surface area contributed by atoms with Crippen LogP contribution in [0, 0.1) is 0 Å². The Balaban J connectivity index is 1.73. The maximum Gasteiger partial charge on any atom is 0.160 e. The highest BCUT2D eigenvalue weighted by Gasteiger charge is 2.17. The monoisotopic (exact) mass is 412 g/mol. The second kappa shape index (κ2) is 6.75. The summed E-state index contributed by atoms with van der Waals surface area (Å²) in [7, 11) is 0.